The van der Waals surface area contributed by atoms with Crippen molar-refractivity contribution in [3.63, 3.8) is 0 Å². The third-order valence-corrected chi connectivity index (χ3v) is 7.99. The zero-order valence-electron chi connectivity index (χ0n) is 19.7. The predicted molar refractivity (Wildman–Crippen MR) is 129 cm³/mol. The van der Waals surface area contributed by atoms with E-state index in [0.29, 0.717) is 24.4 Å². The van der Waals surface area contributed by atoms with Crippen molar-refractivity contribution in [3.05, 3.63) is 59.7 Å². The van der Waals surface area contributed by atoms with Crippen LogP contribution in [0.3, 0.4) is 0 Å². The lowest BCUT2D eigenvalue weighted by molar-refractivity contribution is -0.129. The van der Waals surface area contributed by atoms with E-state index in [1.165, 1.54) is 9.87 Å². The third-order valence-electron chi connectivity index (χ3n) is 6.08. The lowest BCUT2D eigenvalue weighted by Gasteiger charge is -2.31. The molecule has 1 heterocycles. The van der Waals surface area contributed by atoms with Crippen molar-refractivity contribution in [2.45, 2.75) is 57.4 Å². The van der Waals surface area contributed by atoms with E-state index in [9.17, 15) is 18.0 Å². The number of hydrogen-bond donors (Lipinski definition) is 2. The average Bonchev–Trinajstić information content (AvgIpc) is 2.79. The van der Waals surface area contributed by atoms with Crippen LogP contribution in [0.5, 0.6) is 0 Å². The number of aryl methyl sites for hydroxylation is 1. The highest BCUT2D eigenvalue weighted by atomic mass is 32.2. The summed E-state index contributed by atoms with van der Waals surface area (Å²) in [6.07, 6.45) is 0.837. The standard InChI is InChI=1S/C25H33N3O4S/c1-17(2)20-7-9-22(10-8-20)27-24(29)19(4)26-25(30)21-13-15-28(16-14-21)33(31,32)23-11-5-18(3)6-12-23/h5-12,17,19,21H,13-16H2,1-4H3,(H,26,30)(H,27,29). The fourth-order valence-corrected chi connectivity index (χ4v) is 5.29. The molecule has 2 aromatic carbocycles. The SMILES string of the molecule is Cc1ccc(S(=O)(=O)N2CCC(C(=O)NC(C)C(=O)Nc3ccc(C(C)C)cc3)CC2)cc1. The summed E-state index contributed by atoms with van der Waals surface area (Å²) in [5.41, 5.74) is 2.86. The van der Waals surface area contributed by atoms with Crippen molar-refractivity contribution in [1.29, 1.82) is 0 Å². The monoisotopic (exact) mass is 471 g/mol. The van der Waals surface area contributed by atoms with Crippen LogP contribution in [0.4, 0.5) is 5.69 Å². The summed E-state index contributed by atoms with van der Waals surface area (Å²) in [7, 11) is -3.57. The smallest absolute Gasteiger partial charge is 0.246 e. The largest absolute Gasteiger partial charge is 0.344 e. The zero-order chi connectivity index (χ0) is 24.2. The minimum atomic E-state index is -3.57. The molecular weight excluding hydrogens is 438 g/mol. The van der Waals surface area contributed by atoms with Gasteiger partial charge in [0.2, 0.25) is 21.8 Å². The molecule has 1 aliphatic rings. The third kappa shape index (κ3) is 6.21. The molecule has 178 valence electrons. The zero-order valence-corrected chi connectivity index (χ0v) is 20.5. The van der Waals surface area contributed by atoms with E-state index in [2.05, 4.69) is 24.5 Å². The second-order valence-electron chi connectivity index (χ2n) is 8.99. The van der Waals surface area contributed by atoms with Gasteiger partial charge in [-0.25, -0.2) is 8.42 Å². The number of anilines is 1. The number of piperidine rings is 1. The van der Waals surface area contributed by atoms with Gasteiger partial charge in [-0.2, -0.15) is 4.31 Å². The summed E-state index contributed by atoms with van der Waals surface area (Å²) in [6.45, 7) is 8.31. The summed E-state index contributed by atoms with van der Waals surface area (Å²) in [5, 5.41) is 5.60. The molecular formula is C25H33N3O4S. The highest BCUT2D eigenvalue weighted by molar-refractivity contribution is 7.89. The molecule has 0 aliphatic carbocycles. The van der Waals surface area contributed by atoms with Crippen LogP contribution in [-0.4, -0.2) is 43.7 Å². The number of amides is 2. The first-order chi connectivity index (χ1) is 15.6. The Morgan fingerprint density at radius 1 is 0.939 bits per heavy atom. The van der Waals surface area contributed by atoms with Crippen LogP contribution < -0.4 is 10.6 Å². The first kappa shape index (κ1) is 24.9. The molecule has 1 fully saturated rings. The van der Waals surface area contributed by atoms with Gasteiger partial charge < -0.3 is 10.6 Å². The number of nitrogens with one attached hydrogen (secondary N) is 2. The number of rotatable bonds is 7. The first-order valence-electron chi connectivity index (χ1n) is 11.4. The molecule has 2 amide bonds. The lowest BCUT2D eigenvalue weighted by Crippen LogP contribution is -2.47. The number of hydrogen-bond acceptors (Lipinski definition) is 4. The summed E-state index contributed by atoms with van der Waals surface area (Å²) in [6, 6.07) is 13.7. The molecule has 2 aromatic rings. The van der Waals surface area contributed by atoms with E-state index < -0.39 is 16.1 Å². The quantitative estimate of drug-likeness (QED) is 0.644. The molecule has 33 heavy (non-hydrogen) atoms. The molecule has 3 rings (SSSR count). The van der Waals surface area contributed by atoms with Gasteiger partial charge in [-0.15, -0.1) is 0 Å². The fraction of sp³-hybridized carbons (Fsp3) is 0.440. The van der Waals surface area contributed by atoms with Crippen molar-refractivity contribution in [2.75, 3.05) is 18.4 Å². The van der Waals surface area contributed by atoms with Crippen molar-refractivity contribution in [2.24, 2.45) is 5.92 Å². The van der Waals surface area contributed by atoms with Crippen LogP contribution in [0.25, 0.3) is 0 Å². The second-order valence-corrected chi connectivity index (χ2v) is 10.9. The van der Waals surface area contributed by atoms with Crippen LogP contribution >= 0.6 is 0 Å². The molecule has 1 aliphatic heterocycles. The van der Waals surface area contributed by atoms with Crippen LogP contribution in [-0.2, 0) is 19.6 Å². The van der Waals surface area contributed by atoms with Gasteiger partial charge in [0.1, 0.15) is 6.04 Å². The maximum atomic E-state index is 12.8. The number of benzene rings is 2. The Hall–Kier alpha value is -2.71. The minimum Gasteiger partial charge on any atom is -0.344 e. The maximum Gasteiger partial charge on any atom is 0.246 e. The van der Waals surface area contributed by atoms with Crippen molar-refractivity contribution in [3.8, 4) is 0 Å². The van der Waals surface area contributed by atoms with E-state index in [0.717, 1.165) is 5.56 Å². The Bertz CT molecular complexity index is 1070. The Balaban J connectivity index is 1.51. The van der Waals surface area contributed by atoms with Gasteiger partial charge in [0.05, 0.1) is 4.90 Å². The Morgan fingerprint density at radius 2 is 1.52 bits per heavy atom. The number of carbonyl (C=O) groups is 2. The molecule has 1 saturated heterocycles. The van der Waals surface area contributed by atoms with Gasteiger partial charge in [0, 0.05) is 24.7 Å². The van der Waals surface area contributed by atoms with Crippen LogP contribution in [0.2, 0.25) is 0 Å². The summed E-state index contributed by atoms with van der Waals surface area (Å²) in [4.78, 5) is 25.5. The first-order valence-corrected chi connectivity index (χ1v) is 12.8. The van der Waals surface area contributed by atoms with Gasteiger partial charge in [-0.05, 0) is 62.4 Å². The highest BCUT2D eigenvalue weighted by Gasteiger charge is 2.32. The summed E-state index contributed by atoms with van der Waals surface area (Å²) in [5.74, 6) is -0.429. The molecule has 0 bridgehead atoms. The molecule has 0 aromatic heterocycles. The van der Waals surface area contributed by atoms with Crippen molar-refractivity contribution >= 4 is 27.5 Å². The minimum absolute atomic E-state index is 0.222. The molecule has 8 heteroatoms. The fourth-order valence-electron chi connectivity index (χ4n) is 3.82. The van der Waals surface area contributed by atoms with E-state index >= 15 is 0 Å². The van der Waals surface area contributed by atoms with Gasteiger partial charge in [-0.3, -0.25) is 9.59 Å². The molecule has 0 spiro atoms. The normalized spacial score (nSPS) is 16.4. The highest BCUT2D eigenvalue weighted by Crippen LogP contribution is 2.24. The van der Waals surface area contributed by atoms with E-state index in [1.807, 2.05) is 31.2 Å². The van der Waals surface area contributed by atoms with Gasteiger partial charge in [-0.1, -0.05) is 43.7 Å². The molecule has 1 unspecified atom stereocenters. The van der Waals surface area contributed by atoms with E-state index in [-0.39, 0.29) is 35.7 Å². The Kier molecular flexibility index (Phi) is 7.92. The van der Waals surface area contributed by atoms with Gasteiger partial charge in [0.15, 0.2) is 0 Å². The average molecular weight is 472 g/mol. The van der Waals surface area contributed by atoms with Crippen LogP contribution in [0.15, 0.2) is 53.4 Å². The topological polar surface area (TPSA) is 95.6 Å². The lowest BCUT2D eigenvalue weighted by atomic mass is 9.97. The Labute approximate surface area is 196 Å². The Morgan fingerprint density at radius 3 is 2.06 bits per heavy atom. The molecule has 0 saturated carbocycles. The number of carbonyl (C=O) groups excluding carboxylic acids is 2. The molecule has 2 N–H and O–H groups in total. The van der Waals surface area contributed by atoms with E-state index in [1.54, 1.807) is 31.2 Å². The predicted octanol–water partition coefficient (Wildman–Crippen LogP) is 3.66. The van der Waals surface area contributed by atoms with Gasteiger partial charge in [0.25, 0.3) is 0 Å². The van der Waals surface area contributed by atoms with Gasteiger partial charge >= 0.3 is 0 Å². The molecule has 1 atom stereocenters. The maximum absolute atomic E-state index is 12.8. The van der Waals surface area contributed by atoms with E-state index in [4.69, 9.17) is 0 Å². The van der Waals surface area contributed by atoms with Crippen LogP contribution in [0.1, 0.15) is 50.7 Å². The number of nitrogens with zero attached hydrogens (tertiary/aromatic N) is 1. The van der Waals surface area contributed by atoms with Crippen molar-refractivity contribution in [1.82, 2.24) is 9.62 Å². The van der Waals surface area contributed by atoms with Crippen LogP contribution in [0, 0.1) is 12.8 Å². The van der Waals surface area contributed by atoms with Crippen molar-refractivity contribution < 1.29 is 18.0 Å². The molecule has 0 radical (unpaired) electrons. The second kappa shape index (κ2) is 10.5. The molecule has 7 nitrogen and oxygen atoms in total. The summed E-state index contributed by atoms with van der Waals surface area (Å²) >= 11 is 0. The number of sulfonamides is 1. The summed E-state index contributed by atoms with van der Waals surface area (Å²) < 4.78 is 27.1.